The summed E-state index contributed by atoms with van der Waals surface area (Å²) in [5.74, 6) is -0.226. The van der Waals surface area contributed by atoms with Gasteiger partial charge >= 0.3 is 0 Å². The molecule has 0 aliphatic carbocycles. The van der Waals surface area contributed by atoms with Crippen LogP contribution in [0.5, 0.6) is 0 Å². The first kappa shape index (κ1) is 13.0. The molecule has 1 unspecified atom stereocenters. The van der Waals surface area contributed by atoms with E-state index in [4.69, 9.17) is 11.6 Å². The van der Waals surface area contributed by atoms with Crippen LogP contribution in [0, 0.1) is 5.82 Å². The van der Waals surface area contributed by atoms with Gasteiger partial charge in [0.1, 0.15) is 5.82 Å². The Morgan fingerprint density at radius 2 is 2.00 bits per heavy atom. The van der Waals surface area contributed by atoms with Crippen LogP contribution in [-0.2, 0) is 6.42 Å². The van der Waals surface area contributed by atoms with Crippen LogP contribution in [0.4, 0.5) is 4.39 Å². The summed E-state index contributed by atoms with van der Waals surface area (Å²) in [6, 6.07) is 10.1. The lowest BCUT2D eigenvalue weighted by Crippen LogP contribution is -2.20. The Kier molecular flexibility index (Phi) is 4.28. The van der Waals surface area contributed by atoms with E-state index in [2.05, 4.69) is 10.3 Å². The predicted octanol–water partition coefficient (Wildman–Crippen LogP) is 3.38. The van der Waals surface area contributed by atoms with Gasteiger partial charge in [-0.05, 0) is 43.3 Å². The summed E-state index contributed by atoms with van der Waals surface area (Å²) in [6.07, 6.45) is 2.43. The first-order valence-electron chi connectivity index (χ1n) is 5.73. The van der Waals surface area contributed by atoms with Crippen LogP contribution in [0.1, 0.15) is 17.3 Å². The lowest BCUT2D eigenvalue weighted by molar-refractivity contribution is 0.574. The van der Waals surface area contributed by atoms with Crippen LogP contribution in [0.2, 0.25) is 5.02 Å². The highest BCUT2D eigenvalue weighted by Crippen LogP contribution is 2.23. The highest BCUT2D eigenvalue weighted by atomic mass is 35.5. The molecule has 18 heavy (non-hydrogen) atoms. The lowest BCUT2D eigenvalue weighted by atomic mass is 10.0. The van der Waals surface area contributed by atoms with Gasteiger partial charge in [-0.2, -0.15) is 0 Å². The third-order valence-electron chi connectivity index (χ3n) is 2.82. The third kappa shape index (κ3) is 3.06. The monoisotopic (exact) mass is 264 g/mol. The van der Waals surface area contributed by atoms with E-state index in [1.807, 2.05) is 13.1 Å². The molecule has 1 aromatic carbocycles. The van der Waals surface area contributed by atoms with Gasteiger partial charge in [-0.1, -0.05) is 23.7 Å². The fraction of sp³-hybridized carbons (Fsp3) is 0.214. The molecule has 0 radical (unpaired) electrons. The van der Waals surface area contributed by atoms with E-state index in [9.17, 15) is 4.39 Å². The smallest absolute Gasteiger partial charge is 0.123 e. The van der Waals surface area contributed by atoms with Gasteiger partial charge in [-0.3, -0.25) is 4.98 Å². The normalized spacial score (nSPS) is 12.4. The number of likely N-dealkylation sites (N-methyl/N-ethyl adjacent to an activating group) is 1. The lowest BCUT2D eigenvalue weighted by Gasteiger charge is -2.16. The standard InChI is InChI=1S/C14H14ClFN2/c1-17-13(14-12(15)3-2-8-18-14)9-10-4-6-11(16)7-5-10/h2-8,13,17H,9H2,1H3. The molecule has 1 N–H and O–H groups in total. The molecule has 1 atom stereocenters. The van der Waals surface area contributed by atoms with Crippen molar-refractivity contribution in [1.82, 2.24) is 10.3 Å². The van der Waals surface area contributed by atoms with E-state index in [0.717, 1.165) is 11.3 Å². The highest BCUT2D eigenvalue weighted by molar-refractivity contribution is 6.31. The number of nitrogens with zero attached hydrogens (tertiary/aromatic N) is 1. The van der Waals surface area contributed by atoms with Crippen molar-refractivity contribution in [3.05, 3.63) is 64.7 Å². The molecule has 2 rings (SSSR count). The number of aromatic nitrogens is 1. The Morgan fingerprint density at radius 1 is 1.28 bits per heavy atom. The molecular weight excluding hydrogens is 251 g/mol. The number of hydrogen-bond donors (Lipinski definition) is 1. The van der Waals surface area contributed by atoms with Crippen molar-refractivity contribution in [2.45, 2.75) is 12.5 Å². The summed E-state index contributed by atoms with van der Waals surface area (Å²) >= 11 is 6.13. The van der Waals surface area contributed by atoms with Crippen LogP contribution >= 0.6 is 11.6 Å². The molecule has 0 aliphatic rings. The summed E-state index contributed by atoms with van der Waals surface area (Å²) in [6.45, 7) is 0. The molecule has 4 heteroatoms. The molecule has 0 bridgehead atoms. The summed E-state index contributed by atoms with van der Waals surface area (Å²) in [5, 5.41) is 3.82. The van der Waals surface area contributed by atoms with Crippen LogP contribution in [0.3, 0.4) is 0 Å². The number of benzene rings is 1. The average Bonchev–Trinajstić information content (AvgIpc) is 2.39. The number of hydrogen-bond acceptors (Lipinski definition) is 2. The quantitative estimate of drug-likeness (QED) is 0.916. The van der Waals surface area contributed by atoms with E-state index >= 15 is 0 Å². The largest absolute Gasteiger partial charge is 0.311 e. The maximum Gasteiger partial charge on any atom is 0.123 e. The maximum absolute atomic E-state index is 12.8. The Labute approximate surface area is 111 Å². The molecule has 2 nitrogen and oxygen atoms in total. The summed E-state index contributed by atoms with van der Waals surface area (Å²) in [5.41, 5.74) is 1.85. The van der Waals surface area contributed by atoms with E-state index in [-0.39, 0.29) is 11.9 Å². The van der Waals surface area contributed by atoms with Crippen molar-refractivity contribution in [1.29, 1.82) is 0 Å². The van der Waals surface area contributed by atoms with Gasteiger partial charge in [0.2, 0.25) is 0 Å². The minimum absolute atomic E-state index is 0.0177. The van der Waals surface area contributed by atoms with Gasteiger partial charge in [-0.15, -0.1) is 0 Å². The number of halogens is 2. The molecule has 0 saturated carbocycles. The van der Waals surface area contributed by atoms with E-state index in [1.54, 1.807) is 24.4 Å². The van der Waals surface area contributed by atoms with Gasteiger partial charge in [0, 0.05) is 6.20 Å². The zero-order valence-corrected chi connectivity index (χ0v) is 10.8. The predicted molar refractivity (Wildman–Crippen MR) is 71.2 cm³/mol. The third-order valence-corrected chi connectivity index (χ3v) is 3.14. The topological polar surface area (TPSA) is 24.9 Å². The Morgan fingerprint density at radius 3 is 2.61 bits per heavy atom. The molecular formula is C14H14ClFN2. The molecule has 0 saturated heterocycles. The second-order valence-electron chi connectivity index (χ2n) is 4.04. The SMILES string of the molecule is CNC(Cc1ccc(F)cc1)c1ncccc1Cl. The van der Waals surface area contributed by atoms with Crippen molar-refractivity contribution in [3.63, 3.8) is 0 Å². The van der Waals surface area contributed by atoms with Crippen LogP contribution in [-0.4, -0.2) is 12.0 Å². The molecule has 2 aromatic rings. The van der Waals surface area contributed by atoms with Crippen molar-refractivity contribution in [2.75, 3.05) is 7.05 Å². The van der Waals surface area contributed by atoms with Gasteiger partial charge in [0.15, 0.2) is 0 Å². The number of pyridine rings is 1. The van der Waals surface area contributed by atoms with Crippen molar-refractivity contribution >= 4 is 11.6 Å². The van der Waals surface area contributed by atoms with Crippen molar-refractivity contribution in [3.8, 4) is 0 Å². The van der Waals surface area contributed by atoms with Gasteiger partial charge in [0.25, 0.3) is 0 Å². The Bertz CT molecular complexity index is 513. The zero-order valence-electron chi connectivity index (χ0n) is 10.0. The number of rotatable bonds is 4. The molecule has 1 aromatic heterocycles. The van der Waals surface area contributed by atoms with Crippen molar-refractivity contribution in [2.24, 2.45) is 0 Å². The summed E-state index contributed by atoms with van der Waals surface area (Å²) in [4.78, 5) is 4.29. The second-order valence-corrected chi connectivity index (χ2v) is 4.45. The molecule has 0 fully saturated rings. The minimum atomic E-state index is -0.226. The fourth-order valence-corrected chi connectivity index (χ4v) is 2.10. The van der Waals surface area contributed by atoms with E-state index < -0.39 is 0 Å². The first-order valence-corrected chi connectivity index (χ1v) is 6.10. The molecule has 0 spiro atoms. The van der Waals surface area contributed by atoms with Crippen LogP contribution in [0.25, 0.3) is 0 Å². The minimum Gasteiger partial charge on any atom is -0.311 e. The fourth-order valence-electron chi connectivity index (χ4n) is 1.85. The van der Waals surface area contributed by atoms with Gasteiger partial charge in [0.05, 0.1) is 16.8 Å². The summed E-state index contributed by atoms with van der Waals surface area (Å²) < 4.78 is 12.8. The first-order chi connectivity index (χ1) is 8.70. The highest BCUT2D eigenvalue weighted by Gasteiger charge is 2.14. The number of nitrogens with one attached hydrogen (secondary N) is 1. The van der Waals surface area contributed by atoms with Crippen molar-refractivity contribution < 1.29 is 4.39 Å². The van der Waals surface area contributed by atoms with Crippen LogP contribution in [0.15, 0.2) is 42.6 Å². The zero-order chi connectivity index (χ0) is 13.0. The second kappa shape index (κ2) is 5.94. The maximum atomic E-state index is 12.8. The Balaban J connectivity index is 2.20. The molecule has 1 heterocycles. The van der Waals surface area contributed by atoms with Gasteiger partial charge in [-0.25, -0.2) is 4.39 Å². The molecule has 0 amide bonds. The van der Waals surface area contributed by atoms with Gasteiger partial charge < -0.3 is 5.32 Å². The average molecular weight is 265 g/mol. The summed E-state index contributed by atoms with van der Waals surface area (Å²) in [7, 11) is 1.86. The van der Waals surface area contributed by atoms with E-state index in [0.29, 0.717) is 11.4 Å². The molecule has 94 valence electrons. The molecule has 0 aliphatic heterocycles. The van der Waals surface area contributed by atoms with Crippen LogP contribution < -0.4 is 5.32 Å². The Hall–Kier alpha value is -1.45. The van der Waals surface area contributed by atoms with E-state index in [1.165, 1.54) is 12.1 Å².